The summed E-state index contributed by atoms with van der Waals surface area (Å²) in [7, 11) is 0. The first-order valence-electron chi connectivity index (χ1n) is 11.3. The van der Waals surface area contributed by atoms with Crippen molar-refractivity contribution >= 4 is 45.6 Å². The first kappa shape index (κ1) is 28.2. The first-order valence-corrected chi connectivity index (χ1v) is 11.3. The minimum Gasteiger partial charge on any atom is -0.481 e. The predicted octanol–water partition coefficient (Wildman–Crippen LogP) is 3.69. The molecule has 1 aromatic heterocycles. The van der Waals surface area contributed by atoms with E-state index in [0.29, 0.717) is 0 Å². The van der Waals surface area contributed by atoms with Crippen molar-refractivity contribution in [3.05, 3.63) is 58.8 Å². The summed E-state index contributed by atoms with van der Waals surface area (Å²) >= 11 is 0. The molecule has 0 radical (unpaired) electrons. The van der Waals surface area contributed by atoms with E-state index < -0.39 is 49.0 Å². The minimum atomic E-state index is -1.60. The topological polar surface area (TPSA) is 132 Å². The number of fused-ring (bicyclic) bond motifs is 2. The van der Waals surface area contributed by atoms with Crippen LogP contribution in [0, 0.1) is 5.92 Å². The van der Waals surface area contributed by atoms with Crippen LogP contribution in [0.5, 0.6) is 0 Å². The number of ketones is 1. The molecule has 0 aliphatic rings. The van der Waals surface area contributed by atoms with Gasteiger partial charge in [0.2, 0.25) is 0 Å². The van der Waals surface area contributed by atoms with Crippen molar-refractivity contribution in [2.75, 3.05) is 6.67 Å². The van der Waals surface area contributed by atoms with Crippen LogP contribution in [-0.4, -0.2) is 52.2 Å². The quantitative estimate of drug-likeness (QED) is 0.473. The Morgan fingerprint density at radius 1 is 0.944 bits per heavy atom. The molecule has 0 saturated heterocycles. The summed E-state index contributed by atoms with van der Waals surface area (Å²) in [6.07, 6.45) is -3.22. The van der Waals surface area contributed by atoms with E-state index in [4.69, 9.17) is 9.84 Å². The van der Waals surface area contributed by atoms with Crippen molar-refractivity contribution in [1.82, 2.24) is 9.88 Å². The van der Waals surface area contributed by atoms with Gasteiger partial charge in [-0.15, -0.1) is 0 Å². The van der Waals surface area contributed by atoms with Gasteiger partial charge in [-0.1, -0.05) is 45.0 Å². The highest BCUT2D eigenvalue weighted by atomic mass is 19.1. The predicted molar refractivity (Wildman–Crippen MR) is 133 cm³/mol. The summed E-state index contributed by atoms with van der Waals surface area (Å²) in [5.74, 6) is -2.66. The number of para-hydroxylation sites is 2. The number of carboxylic acids is 1. The van der Waals surface area contributed by atoms with Crippen LogP contribution in [0.4, 0.5) is 9.18 Å². The maximum atomic E-state index is 13.0. The van der Waals surface area contributed by atoms with E-state index >= 15 is 0 Å². The number of hydrogen-bond donors (Lipinski definition) is 2. The third-order valence-electron chi connectivity index (χ3n) is 4.82. The Bertz CT molecular complexity index is 1270. The van der Waals surface area contributed by atoms with E-state index in [0.717, 1.165) is 10.5 Å². The summed E-state index contributed by atoms with van der Waals surface area (Å²) in [5.41, 5.74) is 0.266. The highest BCUT2D eigenvalue weighted by Gasteiger charge is 2.28. The molecule has 0 aliphatic heterocycles. The number of carboxylic acid groups (broad SMARTS) is 1. The van der Waals surface area contributed by atoms with Crippen LogP contribution < -0.4 is 10.7 Å². The lowest BCUT2D eigenvalue weighted by molar-refractivity contribution is -0.141. The summed E-state index contributed by atoms with van der Waals surface area (Å²) < 4.78 is 19.1. The normalized spacial score (nSPS) is 12.4. The smallest absolute Gasteiger partial charge is 0.419 e. The second-order valence-corrected chi connectivity index (χ2v) is 8.72. The van der Waals surface area contributed by atoms with Gasteiger partial charge in [0.05, 0.1) is 17.5 Å². The van der Waals surface area contributed by atoms with E-state index in [1.165, 1.54) is 6.92 Å². The molecule has 2 aromatic carbocycles. The zero-order valence-electron chi connectivity index (χ0n) is 20.5. The molecule has 2 atom stereocenters. The van der Waals surface area contributed by atoms with Crippen molar-refractivity contribution in [1.29, 1.82) is 0 Å². The summed E-state index contributed by atoms with van der Waals surface area (Å²) in [6.45, 7) is 6.26. The molecule has 2 N–H and O–H groups in total. The highest BCUT2D eigenvalue weighted by molar-refractivity contribution is 6.01. The number of aromatic nitrogens is 1. The van der Waals surface area contributed by atoms with Gasteiger partial charge in [0.1, 0.15) is 12.7 Å². The maximum absolute atomic E-state index is 13.0. The van der Waals surface area contributed by atoms with Crippen LogP contribution in [0.15, 0.2) is 53.3 Å². The largest absolute Gasteiger partial charge is 0.481 e. The van der Waals surface area contributed by atoms with Crippen molar-refractivity contribution in [2.24, 2.45) is 5.92 Å². The Morgan fingerprint density at radius 3 is 1.86 bits per heavy atom. The van der Waals surface area contributed by atoms with E-state index in [-0.39, 0.29) is 27.2 Å². The molecule has 1 heterocycles. The lowest BCUT2D eigenvalue weighted by Crippen LogP contribution is -2.47. The van der Waals surface area contributed by atoms with E-state index in [9.17, 15) is 28.4 Å². The van der Waals surface area contributed by atoms with Gasteiger partial charge >= 0.3 is 12.1 Å². The summed E-state index contributed by atoms with van der Waals surface area (Å²) in [4.78, 5) is 60.6. The van der Waals surface area contributed by atoms with Crippen molar-refractivity contribution in [3.8, 4) is 0 Å². The number of carbonyl (C=O) groups is 4. The van der Waals surface area contributed by atoms with Gasteiger partial charge in [0.25, 0.3) is 5.91 Å². The Kier molecular flexibility index (Phi) is 9.83. The summed E-state index contributed by atoms with van der Waals surface area (Å²) in [6, 6.07) is 11.2. The molecule has 3 aromatic rings. The second kappa shape index (κ2) is 12.6. The minimum absolute atomic E-state index is 0.269. The molecule has 0 spiro atoms. The molecule has 1 amide bonds. The number of ether oxygens (including phenoxy) is 1. The number of pyridine rings is 1. The molecule has 0 aliphatic carbocycles. The molecule has 0 fully saturated rings. The zero-order chi connectivity index (χ0) is 27.0. The van der Waals surface area contributed by atoms with Gasteiger partial charge < -0.3 is 15.2 Å². The van der Waals surface area contributed by atoms with Crippen LogP contribution in [0.1, 0.15) is 34.1 Å². The molecule has 3 rings (SSSR count). The number of carbonyl (C=O) groups excluding carboxylic acids is 3. The van der Waals surface area contributed by atoms with Gasteiger partial charge in [-0.2, -0.15) is 0 Å². The number of rotatable bonds is 7. The second-order valence-electron chi connectivity index (χ2n) is 8.72. The lowest BCUT2D eigenvalue weighted by Gasteiger charge is -2.20. The van der Waals surface area contributed by atoms with E-state index in [1.54, 1.807) is 48.5 Å². The molecule has 0 saturated carbocycles. The molecule has 10 heteroatoms. The highest BCUT2D eigenvalue weighted by Crippen LogP contribution is 2.20. The first-order chi connectivity index (χ1) is 17.0. The van der Waals surface area contributed by atoms with Gasteiger partial charge in [-0.25, -0.2) is 13.8 Å². The number of benzene rings is 2. The van der Waals surface area contributed by atoms with Crippen LogP contribution in [0.2, 0.25) is 0 Å². The Labute approximate surface area is 206 Å². The molecule has 36 heavy (non-hydrogen) atoms. The lowest BCUT2D eigenvalue weighted by atomic mass is 10.1. The molecule has 192 valence electrons. The van der Waals surface area contributed by atoms with Crippen molar-refractivity contribution in [3.63, 3.8) is 0 Å². The SMILES string of the molecule is CC(C)C.CC(OC(=O)n1c2ccccc2c(=O)c2ccccc21)C(=O)NC(CC(=O)O)C(=O)CF. The maximum Gasteiger partial charge on any atom is 0.419 e. The molecular formula is C26H29FN2O7. The number of amides is 1. The van der Waals surface area contributed by atoms with Gasteiger partial charge in [-0.05, 0) is 37.1 Å². The van der Waals surface area contributed by atoms with Crippen molar-refractivity contribution < 1.29 is 33.4 Å². The summed E-state index contributed by atoms with van der Waals surface area (Å²) in [5, 5.41) is 11.5. The average Bonchev–Trinajstić information content (AvgIpc) is 2.82. The number of hydrogen-bond acceptors (Lipinski definition) is 6. The van der Waals surface area contributed by atoms with Crippen molar-refractivity contribution in [2.45, 2.75) is 46.3 Å². The molecule has 0 bridgehead atoms. The monoisotopic (exact) mass is 500 g/mol. The van der Waals surface area contributed by atoms with Gasteiger partial charge in [0.15, 0.2) is 17.3 Å². The Hall–Kier alpha value is -4.08. The third kappa shape index (κ3) is 6.97. The fraction of sp³-hybridized carbons (Fsp3) is 0.346. The van der Waals surface area contributed by atoms with E-state index in [2.05, 4.69) is 26.1 Å². The van der Waals surface area contributed by atoms with Gasteiger partial charge in [0, 0.05) is 10.8 Å². The van der Waals surface area contributed by atoms with Crippen LogP contribution in [0.25, 0.3) is 21.8 Å². The number of nitrogens with one attached hydrogen (secondary N) is 1. The number of nitrogens with zero attached hydrogens (tertiary/aromatic N) is 1. The fourth-order valence-electron chi connectivity index (χ4n) is 3.25. The van der Waals surface area contributed by atoms with Gasteiger partial charge in [-0.3, -0.25) is 19.2 Å². The van der Waals surface area contributed by atoms with E-state index in [1.807, 2.05) is 0 Å². The molecule has 9 nitrogen and oxygen atoms in total. The zero-order valence-corrected chi connectivity index (χ0v) is 20.5. The van der Waals surface area contributed by atoms with Crippen LogP contribution in [0.3, 0.4) is 0 Å². The van der Waals surface area contributed by atoms with Crippen LogP contribution in [-0.2, 0) is 19.1 Å². The molecular weight excluding hydrogens is 471 g/mol. The number of alkyl halides is 1. The number of aliphatic carboxylic acids is 1. The number of Topliss-reactive ketones (excluding diaryl/α,β-unsaturated/α-hetero) is 1. The van der Waals surface area contributed by atoms with Crippen LogP contribution >= 0.6 is 0 Å². The standard InChI is InChI=1S/C22H19FN2O7.C4H10/c1-12(21(30)24-15(10-19(27)28)18(26)11-23)32-22(31)25-16-8-4-2-6-13(16)20(29)14-7-3-5-9-17(14)25;1-4(2)3/h2-9,12,15H,10-11H2,1H3,(H,24,30)(H,27,28);4H,1-3H3. The average molecular weight is 501 g/mol. The molecule has 2 unspecified atom stereocenters. The Balaban J connectivity index is 0.00000106. The Morgan fingerprint density at radius 2 is 1.42 bits per heavy atom. The fourth-order valence-corrected chi connectivity index (χ4v) is 3.25. The third-order valence-corrected chi connectivity index (χ3v) is 4.82. The number of halogens is 1.